The first-order valence-electron chi connectivity index (χ1n) is 7.04. The van der Waals surface area contributed by atoms with E-state index in [9.17, 15) is 0 Å². The zero-order valence-electron chi connectivity index (χ0n) is 13.1. The maximum Gasteiger partial charge on any atom is 0.344 e. The molecule has 0 aromatic carbocycles. The lowest BCUT2D eigenvalue weighted by Gasteiger charge is -2.43. The van der Waals surface area contributed by atoms with Crippen molar-refractivity contribution in [1.82, 2.24) is 0 Å². The highest BCUT2D eigenvalue weighted by molar-refractivity contribution is 6.88. The van der Waals surface area contributed by atoms with Crippen LogP contribution < -0.4 is 0 Å². The first kappa shape index (κ1) is 16.6. The highest BCUT2D eigenvalue weighted by Crippen LogP contribution is 2.29. The molecular weight excluding hydrogens is 276 g/mol. The van der Waals surface area contributed by atoms with Gasteiger partial charge in [0.1, 0.15) is 0 Å². The van der Waals surface area contributed by atoms with Gasteiger partial charge in [-0.3, -0.25) is 0 Å². The molecule has 1 aliphatic rings. The summed E-state index contributed by atoms with van der Waals surface area (Å²) in [6.07, 6.45) is 3.54. The van der Waals surface area contributed by atoms with Gasteiger partial charge in [0.2, 0.25) is 0 Å². The van der Waals surface area contributed by atoms with Gasteiger partial charge < -0.3 is 13.0 Å². The topological polar surface area (TPSA) is 27.7 Å². The summed E-state index contributed by atoms with van der Waals surface area (Å²) in [4.78, 5) is 0. The first-order chi connectivity index (χ1) is 8.02. The molecule has 0 amide bonds. The van der Waals surface area contributed by atoms with Crippen LogP contribution in [0.3, 0.4) is 0 Å². The maximum absolute atomic E-state index is 6.51. The van der Waals surface area contributed by atoms with Crippen molar-refractivity contribution in [3.8, 4) is 0 Å². The zero-order valence-corrected chi connectivity index (χ0v) is 16.1. The average molecular weight is 307 g/mol. The Morgan fingerprint density at radius 3 is 1.67 bits per heavy atom. The van der Waals surface area contributed by atoms with E-state index in [1.807, 2.05) is 0 Å². The van der Waals surface area contributed by atoms with Gasteiger partial charge in [0.25, 0.3) is 0 Å². The van der Waals surface area contributed by atoms with E-state index in [-0.39, 0.29) is 5.73 Å². The second kappa shape index (κ2) is 5.89. The van der Waals surface area contributed by atoms with Crippen molar-refractivity contribution in [3.05, 3.63) is 0 Å². The minimum Gasteiger partial charge on any atom is -0.435 e. The van der Waals surface area contributed by atoms with E-state index in [1.165, 1.54) is 12.8 Å². The molecule has 0 aliphatic carbocycles. The molecule has 0 spiro atoms. The maximum atomic E-state index is 6.51. The number of hydrogen-bond donors (Lipinski definition) is 0. The van der Waals surface area contributed by atoms with E-state index in [0.29, 0.717) is 0 Å². The van der Waals surface area contributed by atoms with Crippen molar-refractivity contribution in [2.75, 3.05) is 6.61 Å². The van der Waals surface area contributed by atoms with Crippen LogP contribution in [-0.4, -0.2) is 37.5 Å². The molecule has 0 N–H and O–H groups in total. The Morgan fingerprint density at radius 2 is 1.33 bits per heavy atom. The van der Waals surface area contributed by atoms with Crippen LogP contribution in [0.5, 0.6) is 0 Å². The molecule has 1 atom stereocenters. The number of hydrogen-bond acceptors (Lipinski definition) is 3. The van der Waals surface area contributed by atoms with E-state index >= 15 is 0 Å². The third-order valence-corrected chi connectivity index (χ3v) is 12.5. The highest BCUT2D eigenvalue weighted by Gasteiger charge is 2.48. The molecule has 1 rings (SSSR count). The molecule has 0 radical (unpaired) electrons. The SMILES string of the molecule is C[Si](C)(C)O[Si](C)(O[Si](C)(C)C)C1CCCCO1. The van der Waals surface area contributed by atoms with Gasteiger partial charge in [-0.2, -0.15) is 0 Å². The lowest BCUT2D eigenvalue weighted by molar-refractivity contribution is 0.0395. The molecule has 3 nitrogen and oxygen atoms in total. The lowest BCUT2D eigenvalue weighted by atomic mass is 10.2. The van der Waals surface area contributed by atoms with Crippen LogP contribution in [0.15, 0.2) is 0 Å². The van der Waals surface area contributed by atoms with E-state index in [4.69, 9.17) is 13.0 Å². The van der Waals surface area contributed by atoms with Crippen molar-refractivity contribution in [1.29, 1.82) is 0 Å². The monoisotopic (exact) mass is 306 g/mol. The fraction of sp³-hybridized carbons (Fsp3) is 1.00. The average Bonchev–Trinajstić information content (AvgIpc) is 2.13. The Morgan fingerprint density at radius 1 is 0.833 bits per heavy atom. The van der Waals surface area contributed by atoms with Crippen LogP contribution in [-0.2, 0) is 13.0 Å². The molecule has 0 bridgehead atoms. The number of rotatable bonds is 5. The molecule has 108 valence electrons. The largest absolute Gasteiger partial charge is 0.435 e. The summed E-state index contributed by atoms with van der Waals surface area (Å²) in [6.45, 7) is 16.6. The summed E-state index contributed by atoms with van der Waals surface area (Å²) in [7, 11) is -5.41. The van der Waals surface area contributed by atoms with Crippen LogP contribution in [0.1, 0.15) is 19.3 Å². The molecule has 1 unspecified atom stereocenters. The third-order valence-electron chi connectivity index (χ3n) is 2.78. The van der Waals surface area contributed by atoms with Gasteiger partial charge in [-0.1, -0.05) is 0 Å². The van der Waals surface area contributed by atoms with Gasteiger partial charge in [-0.05, 0) is 65.1 Å². The van der Waals surface area contributed by atoms with Crippen LogP contribution in [0, 0.1) is 0 Å². The van der Waals surface area contributed by atoms with E-state index in [2.05, 4.69) is 45.8 Å². The minimum atomic E-state index is -2.22. The smallest absolute Gasteiger partial charge is 0.344 e. The summed E-state index contributed by atoms with van der Waals surface area (Å²) in [6, 6.07) is 0. The molecule has 0 aromatic heterocycles. The Balaban J connectivity index is 2.84. The number of ether oxygens (including phenoxy) is 1. The van der Waals surface area contributed by atoms with Crippen LogP contribution in [0.4, 0.5) is 0 Å². The normalized spacial score (nSPS) is 23.2. The van der Waals surface area contributed by atoms with Crippen LogP contribution in [0.25, 0.3) is 0 Å². The predicted octanol–water partition coefficient (Wildman–Crippen LogP) is 3.87. The van der Waals surface area contributed by atoms with Crippen molar-refractivity contribution in [2.45, 2.75) is 70.8 Å². The first-order valence-corrected chi connectivity index (χ1v) is 16.2. The van der Waals surface area contributed by atoms with Crippen molar-refractivity contribution in [2.24, 2.45) is 0 Å². The molecule has 1 saturated heterocycles. The van der Waals surface area contributed by atoms with Gasteiger partial charge in [0.05, 0.1) is 5.73 Å². The molecule has 0 saturated carbocycles. The van der Waals surface area contributed by atoms with Crippen molar-refractivity contribution in [3.63, 3.8) is 0 Å². The van der Waals surface area contributed by atoms with Crippen LogP contribution >= 0.6 is 0 Å². The standard InChI is InChI=1S/C12H30O3Si3/c1-16(2,3)14-18(7,15-17(4,5)6)12-10-8-9-11-13-12/h12H,8-11H2,1-7H3. The van der Waals surface area contributed by atoms with Gasteiger partial charge in [0.15, 0.2) is 16.6 Å². The van der Waals surface area contributed by atoms with Gasteiger partial charge >= 0.3 is 8.56 Å². The molecule has 1 fully saturated rings. The summed E-state index contributed by atoms with van der Waals surface area (Å²) >= 11 is 0. The third kappa shape index (κ3) is 5.66. The van der Waals surface area contributed by atoms with Gasteiger partial charge in [-0.25, -0.2) is 0 Å². The molecule has 1 heterocycles. The van der Waals surface area contributed by atoms with Gasteiger partial charge in [-0.15, -0.1) is 0 Å². The second-order valence-electron chi connectivity index (χ2n) is 7.30. The molecular formula is C12H30O3Si3. The summed E-state index contributed by atoms with van der Waals surface area (Å²) in [5.41, 5.74) is 0.227. The molecule has 1 aliphatic heterocycles. The van der Waals surface area contributed by atoms with E-state index in [1.54, 1.807) is 0 Å². The van der Waals surface area contributed by atoms with Crippen LogP contribution in [0.2, 0.25) is 45.8 Å². The highest BCUT2D eigenvalue weighted by atomic mass is 28.5. The Labute approximate surface area is 116 Å². The fourth-order valence-corrected chi connectivity index (χ4v) is 15.0. The van der Waals surface area contributed by atoms with E-state index in [0.717, 1.165) is 13.0 Å². The summed E-state index contributed by atoms with van der Waals surface area (Å²) in [5, 5.41) is 0. The second-order valence-corrected chi connectivity index (χ2v) is 20.1. The van der Waals surface area contributed by atoms with Crippen molar-refractivity contribution >= 4 is 25.2 Å². The molecule has 0 aromatic rings. The Bertz CT molecular complexity index is 249. The zero-order chi connectivity index (χ0) is 14.0. The Hall–Kier alpha value is 0.531. The minimum absolute atomic E-state index is 0.227. The molecule has 6 heteroatoms. The van der Waals surface area contributed by atoms with E-state index < -0.39 is 25.2 Å². The van der Waals surface area contributed by atoms with Gasteiger partial charge in [0, 0.05) is 6.61 Å². The molecule has 18 heavy (non-hydrogen) atoms. The summed E-state index contributed by atoms with van der Waals surface area (Å²) < 4.78 is 19.0. The quantitative estimate of drug-likeness (QED) is 0.722. The summed E-state index contributed by atoms with van der Waals surface area (Å²) in [5.74, 6) is 0. The predicted molar refractivity (Wildman–Crippen MR) is 84.1 cm³/mol. The lowest BCUT2D eigenvalue weighted by Crippen LogP contribution is -2.61. The Kier molecular flexibility index (Phi) is 5.42. The fourth-order valence-electron chi connectivity index (χ4n) is 2.52. The van der Waals surface area contributed by atoms with Crippen molar-refractivity contribution < 1.29 is 13.0 Å².